The third-order valence-electron chi connectivity index (χ3n) is 7.49. The van der Waals surface area contributed by atoms with E-state index in [1.54, 1.807) is 11.1 Å². The predicted octanol–water partition coefficient (Wildman–Crippen LogP) is 5.95. The average molecular weight is 592 g/mol. The number of carbonyl (C=O) groups is 1. The van der Waals surface area contributed by atoms with Gasteiger partial charge in [0.2, 0.25) is 0 Å². The number of hydrogen-bond acceptors (Lipinski definition) is 10. The molecule has 12 heteroatoms. The summed E-state index contributed by atoms with van der Waals surface area (Å²) in [7, 11) is 0. The van der Waals surface area contributed by atoms with E-state index >= 15 is 0 Å². The van der Waals surface area contributed by atoms with Crippen molar-refractivity contribution < 1.29 is 19.0 Å². The minimum atomic E-state index is -0.532. The highest BCUT2D eigenvalue weighted by atomic mass is 32.2. The van der Waals surface area contributed by atoms with E-state index in [1.807, 2.05) is 50.9 Å². The van der Waals surface area contributed by atoms with Gasteiger partial charge in [-0.25, -0.2) is 19.4 Å². The van der Waals surface area contributed by atoms with Crippen molar-refractivity contribution in [2.24, 2.45) is 0 Å². The molecular formula is C30H37N7O4S. The summed E-state index contributed by atoms with van der Waals surface area (Å²) in [6, 6.07) is 5.98. The van der Waals surface area contributed by atoms with Crippen molar-refractivity contribution in [3.8, 4) is 11.5 Å². The summed E-state index contributed by atoms with van der Waals surface area (Å²) in [5.74, 6) is 2.07. The van der Waals surface area contributed by atoms with E-state index in [4.69, 9.17) is 34.3 Å². The molecule has 11 nitrogen and oxygen atoms in total. The molecule has 0 radical (unpaired) electrons. The normalized spacial score (nSPS) is 18.1. The van der Waals surface area contributed by atoms with Gasteiger partial charge in [0.15, 0.2) is 23.0 Å². The maximum atomic E-state index is 12.6. The number of pyridine rings is 1. The third-order valence-corrected chi connectivity index (χ3v) is 8.04. The van der Waals surface area contributed by atoms with E-state index in [1.165, 1.54) is 11.8 Å². The Morgan fingerprint density at radius 2 is 1.88 bits per heavy atom. The van der Waals surface area contributed by atoms with Crippen LogP contribution in [0.1, 0.15) is 51.8 Å². The molecule has 1 amide bonds. The Balaban J connectivity index is 1.32. The highest BCUT2D eigenvalue weighted by Gasteiger charge is 2.28. The Labute approximate surface area is 249 Å². The van der Waals surface area contributed by atoms with Gasteiger partial charge in [0.1, 0.15) is 22.4 Å². The summed E-state index contributed by atoms with van der Waals surface area (Å²) < 4.78 is 20.2. The molecule has 0 bridgehead atoms. The van der Waals surface area contributed by atoms with Gasteiger partial charge in [-0.3, -0.25) is 4.98 Å². The van der Waals surface area contributed by atoms with Crippen molar-refractivity contribution in [2.45, 2.75) is 63.9 Å². The molecule has 0 spiro atoms. The molecule has 3 aromatic heterocycles. The number of hydrogen-bond donors (Lipinski definition) is 0. The molecule has 2 saturated heterocycles. The summed E-state index contributed by atoms with van der Waals surface area (Å²) in [6.45, 7) is 10.7. The third kappa shape index (κ3) is 5.69. The van der Waals surface area contributed by atoms with Gasteiger partial charge in [-0.2, -0.15) is 5.10 Å². The molecule has 4 aromatic rings. The molecule has 2 aliphatic heterocycles. The number of anilines is 1. The average Bonchev–Trinajstić information content (AvgIpc) is 3.42. The Bertz CT molecular complexity index is 1610. The number of benzene rings is 1. The topological polar surface area (TPSA) is 108 Å². The number of nitrogens with zero attached hydrogens (tertiary/aromatic N) is 7. The van der Waals surface area contributed by atoms with Crippen molar-refractivity contribution >= 4 is 45.6 Å². The Kier molecular flexibility index (Phi) is 7.84. The van der Waals surface area contributed by atoms with Crippen LogP contribution in [0.2, 0.25) is 0 Å². The predicted molar refractivity (Wildman–Crippen MR) is 163 cm³/mol. The van der Waals surface area contributed by atoms with Crippen molar-refractivity contribution in [1.82, 2.24) is 29.6 Å². The van der Waals surface area contributed by atoms with Crippen LogP contribution in [0.5, 0.6) is 11.5 Å². The number of ether oxygens (including phenoxy) is 3. The number of piperazine rings is 1. The zero-order chi connectivity index (χ0) is 29.4. The van der Waals surface area contributed by atoms with E-state index in [2.05, 4.69) is 17.0 Å². The van der Waals surface area contributed by atoms with Crippen molar-refractivity contribution in [3.63, 3.8) is 0 Å². The van der Waals surface area contributed by atoms with Gasteiger partial charge in [0, 0.05) is 45.0 Å². The van der Waals surface area contributed by atoms with Crippen molar-refractivity contribution in [2.75, 3.05) is 43.9 Å². The fourth-order valence-corrected chi connectivity index (χ4v) is 5.75. The minimum Gasteiger partial charge on any atom is -0.454 e. The van der Waals surface area contributed by atoms with Gasteiger partial charge in [0.25, 0.3) is 0 Å². The van der Waals surface area contributed by atoms with Crippen LogP contribution in [0.15, 0.2) is 35.7 Å². The summed E-state index contributed by atoms with van der Waals surface area (Å²) >= 11 is 1.47. The van der Waals surface area contributed by atoms with E-state index in [0.29, 0.717) is 48.1 Å². The summed E-state index contributed by atoms with van der Waals surface area (Å²) in [6.07, 6.45) is 8.33. The SMILES string of the molecule is CSc1nc(N2CCN(C(=O)OC(C)(C)C)CC2)c2nccc(Oc3c(C)ccc4c3cnn4C3CCCCO3)c2n1. The van der Waals surface area contributed by atoms with E-state index in [9.17, 15) is 4.79 Å². The van der Waals surface area contributed by atoms with Gasteiger partial charge < -0.3 is 24.0 Å². The second-order valence-electron chi connectivity index (χ2n) is 11.7. The van der Waals surface area contributed by atoms with Crippen molar-refractivity contribution in [3.05, 3.63) is 36.2 Å². The van der Waals surface area contributed by atoms with E-state index in [-0.39, 0.29) is 12.3 Å². The van der Waals surface area contributed by atoms with Gasteiger partial charge in [0.05, 0.1) is 17.1 Å². The lowest BCUT2D eigenvalue weighted by Gasteiger charge is -2.36. The molecule has 6 rings (SSSR count). The minimum absolute atomic E-state index is 0.0659. The first-order valence-corrected chi connectivity index (χ1v) is 15.6. The molecule has 0 saturated carbocycles. The summed E-state index contributed by atoms with van der Waals surface area (Å²) in [5, 5.41) is 6.24. The number of carbonyl (C=O) groups excluding carboxylic acids is 1. The summed E-state index contributed by atoms with van der Waals surface area (Å²) in [5.41, 5.74) is 2.74. The van der Waals surface area contributed by atoms with Gasteiger partial charge >= 0.3 is 6.09 Å². The van der Waals surface area contributed by atoms with Gasteiger partial charge in [-0.15, -0.1) is 0 Å². The lowest BCUT2D eigenvalue weighted by Crippen LogP contribution is -2.50. The standard InChI is InChI=1S/C30H37N7O4S/c1-19-9-10-21-20(18-32-37(21)23-8-6-7-17-39-23)26(19)40-22-11-12-31-25-24(22)33-28(42-5)34-27(25)35-13-15-36(16-14-35)29(38)41-30(2,3)4/h9-12,18,23H,6-8,13-17H2,1-5H3. The number of rotatable bonds is 5. The molecule has 0 aliphatic carbocycles. The van der Waals surface area contributed by atoms with Crippen LogP contribution in [0.25, 0.3) is 21.9 Å². The quantitative estimate of drug-likeness (QED) is 0.204. The fourth-order valence-electron chi connectivity index (χ4n) is 5.39. The molecular weight excluding hydrogens is 554 g/mol. The maximum Gasteiger partial charge on any atom is 0.410 e. The zero-order valence-corrected chi connectivity index (χ0v) is 25.6. The highest BCUT2D eigenvalue weighted by molar-refractivity contribution is 7.98. The van der Waals surface area contributed by atoms with Crippen molar-refractivity contribution in [1.29, 1.82) is 0 Å². The number of aromatic nitrogens is 5. The van der Waals surface area contributed by atoms with Gasteiger partial charge in [-0.1, -0.05) is 17.8 Å². The largest absolute Gasteiger partial charge is 0.454 e. The molecule has 1 unspecified atom stereocenters. The molecule has 222 valence electrons. The lowest BCUT2D eigenvalue weighted by atomic mass is 10.1. The van der Waals surface area contributed by atoms with Crippen LogP contribution < -0.4 is 9.64 Å². The molecule has 5 heterocycles. The number of amides is 1. The van der Waals surface area contributed by atoms with Crippen LogP contribution in [0.4, 0.5) is 10.6 Å². The zero-order valence-electron chi connectivity index (χ0n) is 24.8. The van der Waals surface area contributed by atoms with Gasteiger partial charge in [-0.05, 0) is 64.8 Å². The fraction of sp³-hybridized carbons (Fsp3) is 0.500. The van der Waals surface area contributed by atoms with E-state index in [0.717, 1.165) is 53.9 Å². The molecule has 0 N–H and O–H groups in total. The Hall–Kier alpha value is -3.64. The first-order valence-electron chi connectivity index (χ1n) is 14.4. The van der Waals surface area contributed by atoms with Crippen LogP contribution in [-0.4, -0.2) is 80.4 Å². The molecule has 1 aromatic carbocycles. The number of thioether (sulfide) groups is 1. The van der Waals surface area contributed by atoms with Crippen LogP contribution in [0.3, 0.4) is 0 Å². The highest BCUT2D eigenvalue weighted by Crippen LogP contribution is 2.39. The lowest BCUT2D eigenvalue weighted by molar-refractivity contribution is -0.0366. The number of fused-ring (bicyclic) bond motifs is 2. The monoisotopic (exact) mass is 591 g/mol. The van der Waals surface area contributed by atoms with Crippen LogP contribution >= 0.6 is 11.8 Å². The van der Waals surface area contributed by atoms with Crippen LogP contribution in [-0.2, 0) is 9.47 Å². The molecule has 42 heavy (non-hydrogen) atoms. The second kappa shape index (κ2) is 11.6. The number of aryl methyl sites for hydroxylation is 1. The van der Waals surface area contributed by atoms with E-state index < -0.39 is 5.60 Å². The first kappa shape index (κ1) is 28.5. The molecule has 2 aliphatic rings. The second-order valence-corrected chi connectivity index (χ2v) is 12.4. The summed E-state index contributed by atoms with van der Waals surface area (Å²) in [4.78, 5) is 30.9. The Morgan fingerprint density at radius 3 is 2.60 bits per heavy atom. The molecule has 1 atom stereocenters. The first-order chi connectivity index (χ1) is 20.2. The smallest absolute Gasteiger partial charge is 0.410 e. The maximum absolute atomic E-state index is 12.6. The Morgan fingerprint density at radius 1 is 1.07 bits per heavy atom. The molecule has 2 fully saturated rings. The van der Waals surface area contributed by atoms with Crippen LogP contribution in [0, 0.1) is 6.92 Å².